The van der Waals surface area contributed by atoms with E-state index in [0.717, 1.165) is 11.3 Å². The van der Waals surface area contributed by atoms with Crippen molar-refractivity contribution in [2.24, 2.45) is 0 Å². The summed E-state index contributed by atoms with van der Waals surface area (Å²) in [6.45, 7) is 0. The quantitative estimate of drug-likeness (QED) is 0.780. The van der Waals surface area contributed by atoms with E-state index < -0.39 is 6.17 Å². The van der Waals surface area contributed by atoms with Crippen molar-refractivity contribution in [2.45, 2.75) is 6.17 Å². The maximum absolute atomic E-state index is 12.1. The Morgan fingerprint density at radius 3 is 2.76 bits per heavy atom. The van der Waals surface area contributed by atoms with Gasteiger partial charge in [-0.1, -0.05) is 12.1 Å². The van der Waals surface area contributed by atoms with Gasteiger partial charge in [-0.3, -0.25) is 4.79 Å². The summed E-state index contributed by atoms with van der Waals surface area (Å²) in [7, 11) is 1.48. The van der Waals surface area contributed by atoms with Crippen molar-refractivity contribution >= 4 is 27.5 Å². The van der Waals surface area contributed by atoms with E-state index in [1.807, 2.05) is 18.2 Å². The fraction of sp³-hybridized carbons (Fsp3) is 0.133. The van der Waals surface area contributed by atoms with Crippen LogP contribution in [0.1, 0.15) is 22.1 Å². The van der Waals surface area contributed by atoms with Gasteiger partial charge in [0.2, 0.25) is 0 Å². The second-order valence-corrected chi connectivity index (χ2v) is 5.50. The van der Waals surface area contributed by atoms with Gasteiger partial charge in [0, 0.05) is 5.69 Å². The molecule has 0 aliphatic carbocycles. The average Bonchev–Trinajstić information content (AvgIpc) is 2.50. The lowest BCUT2D eigenvalue weighted by Gasteiger charge is -2.28. The number of halogens is 1. The van der Waals surface area contributed by atoms with Gasteiger partial charge in [-0.05, 0) is 45.8 Å². The number of nitrogens with one attached hydrogen (secondary N) is 2. The first kappa shape index (κ1) is 13.8. The van der Waals surface area contributed by atoms with Gasteiger partial charge < -0.3 is 20.5 Å². The highest BCUT2D eigenvalue weighted by molar-refractivity contribution is 9.10. The Morgan fingerprint density at radius 1 is 1.24 bits per heavy atom. The number of ether oxygens (including phenoxy) is 1. The molecule has 6 heteroatoms. The number of anilines is 1. The average molecular weight is 349 g/mol. The van der Waals surface area contributed by atoms with Gasteiger partial charge in [-0.2, -0.15) is 0 Å². The van der Waals surface area contributed by atoms with Crippen LogP contribution in [0.15, 0.2) is 40.9 Å². The van der Waals surface area contributed by atoms with Crippen LogP contribution in [0.4, 0.5) is 5.69 Å². The minimum atomic E-state index is -0.391. The first-order valence-electron chi connectivity index (χ1n) is 6.33. The molecule has 2 aromatic rings. The molecule has 1 aliphatic heterocycles. The van der Waals surface area contributed by atoms with Crippen molar-refractivity contribution < 1.29 is 14.6 Å². The number of phenols is 1. The summed E-state index contributed by atoms with van der Waals surface area (Å²) in [6.07, 6.45) is -0.391. The summed E-state index contributed by atoms with van der Waals surface area (Å²) >= 11 is 3.28. The maximum Gasteiger partial charge on any atom is 0.255 e. The Bertz CT molecular complexity index is 718. The van der Waals surface area contributed by atoms with Crippen LogP contribution in [0.25, 0.3) is 0 Å². The van der Waals surface area contributed by atoms with Gasteiger partial charge in [0.1, 0.15) is 6.17 Å². The van der Waals surface area contributed by atoms with Gasteiger partial charge >= 0.3 is 0 Å². The highest BCUT2D eigenvalue weighted by atomic mass is 79.9. The number of methoxy groups -OCH3 is 1. The van der Waals surface area contributed by atoms with Crippen LogP contribution in [0.2, 0.25) is 0 Å². The summed E-state index contributed by atoms with van der Waals surface area (Å²) in [5.74, 6) is 0.232. The molecule has 0 fully saturated rings. The first-order valence-corrected chi connectivity index (χ1v) is 7.12. The second-order valence-electron chi connectivity index (χ2n) is 4.65. The van der Waals surface area contributed by atoms with Gasteiger partial charge in [0.05, 0.1) is 17.1 Å². The van der Waals surface area contributed by atoms with E-state index in [-0.39, 0.29) is 11.7 Å². The predicted octanol–water partition coefficient (Wildman–Crippen LogP) is 3.02. The minimum absolute atomic E-state index is 0.0313. The van der Waals surface area contributed by atoms with Crippen molar-refractivity contribution in [3.8, 4) is 11.5 Å². The Morgan fingerprint density at radius 2 is 2.00 bits per heavy atom. The molecule has 21 heavy (non-hydrogen) atoms. The van der Waals surface area contributed by atoms with E-state index in [4.69, 9.17) is 4.74 Å². The van der Waals surface area contributed by atoms with E-state index in [1.54, 1.807) is 18.2 Å². The van der Waals surface area contributed by atoms with Gasteiger partial charge in [-0.25, -0.2) is 0 Å². The maximum atomic E-state index is 12.1. The monoisotopic (exact) mass is 348 g/mol. The molecule has 1 aliphatic rings. The third-order valence-electron chi connectivity index (χ3n) is 3.35. The predicted molar refractivity (Wildman–Crippen MR) is 82.6 cm³/mol. The number of phenolic OH excluding ortho intramolecular Hbond substituents is 1. The van der Waals surface area contributed by atoms with E-state index in [1.165, 1.54) is 7.11 Å². The van der Waals surface area contributed by atoms with Gasteiger partial charge in [0.15, 0.2) is 11.5 Å². The van der Waals surface area contributed by atoms with Gasteiger partial charge in [-0.15, -0.1) is 0 Å². The van der Waals surface area contributed by atoms with Crippen molar-refractivity contribution in [1.82, 2.24) is 5.32 Å². The third-order valence-corrected chi connectivity index (χ3v) is 3.96. The lowest BCUT2D eigenvalue weighted by atomic mass is 10.1. The molecule has 0 unspecified atom stereocenters. The zero-order chi connectivity index (χ0) is 15.0. The number of carbonyl (C=O) groups excluding carboxylic acids is 1. The minimum Gasteiger partial charge on any atom is -0.503 e. The van der Waals surface area contributed by atoms with Crippen LogP contribution in [0.3, 0.4) is 0 Å². The lowest BCUT2D eigenvalue weighted by molar-refractivity contribution is 0.0935. The zero-order valence-electron chi connectivity index (χ0n) is 11.2. The Kier molecular flexibility index (Phi) is 3.47. The standard InChI is InChI=1S/C15H13BrN2O3/c1-21-12-7-8(6-10(16)13(12)19)14-17-11-5-3-2-4-9(11)15(20)18-14/h2-7,14,17,19H,1H3,(H,18,20)/t14-/m1/s1. The van der Waals surface area contributed by atoms with E-state index in [0.29, 0.717) is 15.8 Å². The molecule has 108 valence electrons. The lowest BCUT2D eigenvalue weighted by Crippen LogP contribution is -2.38. The number of para-hydroxylation sites is 1. The molecule has 3 N–H and O–H groups in total. The molecular formula is C15H13BrN2O3. The van der Waals surface area contributed by atoms with E-state index >= 15 is 0 Å². The summed E-state index contributed by atoms with van der Waals surface area (Å²) < 4.78 is 5.64. The zero-order valence-corrected chi connectivity index (χ0v) is 12.8. The first-order chi connectivity index (χ1) is 10.1. The normalized spacial score (nSPS) is 16.7. The second kappa shape index (κ2) is 5.29. The number of fused-ring (bicyclic) bond motifs is 1. The number of carbonyl (C=O) groups is 1. The van der Waals surface area contributed by atoms with Crippen LogP contribution < -0.4 is 15.4 Å². The van der Waals surface area contributed by atoms with E-state index in [9.17, 15) is 9.90 Å². The third kappa shape index (κ3) is 2.42. The van der Waals surface area contributed by atoms with Crippen LogP contribution in [-0.4, -0.2) is 18.1 Å². The SMILES string of the molecule is COc1cc([C@H]2NC(=O)c3ccccc3N2)cc(Br)c1O. The molecule has 0 bridgehead atoms. The fourth-order valence-corrected chi connectivity index (χ4v) is 2.75. The summed E-state index contributed by atoms with van der Waals surface area (Å²) in [6, 6.07) is 10.7. The number of rotatable bonds is 2. The summed E-state index contributed by atoms with van der Waals surface area (Å²) in [5.41, 5.74) is 2.16. The Labute approximate surface area is 130 Å². The van der Waals surface area contributed by atoms with Crippen molar-refractivity contribution in [3.05, 3.63) is 52.0 Å². The highest BCUT2D eigenvalue weighted by Crippen LogP contribution is 2.38. The number of hydrogen-bond donors (Lipinski definition) is 3. The highest BCUT2D eigenvalue weighted by Gasteiger charge is 2.25. The molecule has 0 saturated heterocycles. The van der Waals surface area contributed by atoms with Crippen molar-refractivity contribution in [3.63, 3.8) is 0 Å². The fourth-order valence-electron chi connectivity index (χ4n) is 2.29. The van der Waals surface area contributed by atoms with Crippen LogP contribution in [0.5, 0.6) is 11.5 Å². The van der Waals surface area contributed by atoms with E-state index in [2.05, 4.69) is 26.6 Å². The summed E-state index contributed by atoms with van der Waals surface area (Å²) in [5, 5.41) is 16.0. The molecule has 1 heterocycles. The van der Waals surface area contributed by atoms with Crippen LogP contribution >= 0.6 is 15.9 Å². The number of benzene rings is 2. The number of hydrogen-bond acceptors (Lipinski definition) is 4. The van der Waals surface area contributed by atoms with Crippen LogP contribution in [-0.2, 0) is 0 Å². The van der Waals surface area contributed by atoms with Gasteiger partial charge in [0.25, 0.3) is 5.91 Å². The molecule has 3 rings (SSSR count). The molecule has 2 aromatic carbocycles. The van der Waals surface area contributed by atoms with Crippen molar-refractivity contribution in [1.29, 1.82) is 0 Å². The Balaban J connectivity index is 2.00. The molecule has 5 nitrogen and oxygen atoms in total. The largest absolute Gasteiger partial charge is 0.503 e. The molecule has 0 radical (unpaired) electrons. The topological polar surface area (TPSA) is 70.6 Å². The molecule has 0 spiro atoms. The summed E-state index contributed by atoms with van der Waals surface area (Å²) in [4.78, 5) is 12.1. The molecule has 1 atom stereocenters. The smallest absolute Gasteiger partial charge is 0.255 e. The molecule has 1 amide bonds. The van der Waals surface area contributed by atoms with Crippen LogP contribution in [0, 0.1) is 0 Å². The number of aromatic hydroxyl groups is 1. The van der Waals surface area contributed by atoms with Crippen molar-refractivity contribution in [2.75, 3.05) is 12.4 Å². The molecule has 0 saturated carbocycles. The Hall–Kier alpha value is -2.21. The molecular weight excluding hydrogens is 336 g/mol. The molecule has 0 aromatic heterocycles. The number of amides is 1.